The first-order chi connectivity index (χ1) is 7.90. The fourth-order valence-corrected chi connectivity index (χ4v) is 1.24. The van der Waals surface area contributed by atoms with Crippen molar-refractivity contribution >= 4 is 5.91 Å². The molecular formula is C11H13F3N2O. The zero-order chi connectivity index (χ0) is 12.9. The lowest BCUT2D eigenvalue weighted by Gasteiger charge is -2.08. The third-order valence-corrected chi connectivity index (χ3v) is 2.11. The summed E-state index contributed by atoms with van der Waals surface area (Å²) in [5.41, 5.74) is 6.95. The van der Waals surface area contributed by atoms with E-state index in [4.69, 9.17) is 5.73 Å². The molecule has 0 atom stereocenters. The van der Waals surface area contributed by atoms with Crippen LogP contribution in [0.25, 0.3) is 0 Å². The van der Waals surface area contributed by atoms with Gasteiger partial charge in [0.15, 0.2) is 0 Å². The number of carbonyl (C=O) groups is 1. The van der Waals surface area contributed by atoms with Gasteiger partial charge < -0.3 is 11.1 Å². The van der Waals surface area contributed by atoms with Gasteiger partial charge in [0.1, 0.15) is 6.54 Å². The molecule has 0 aliphatic heterocycles. The molecule has 1 aromatic carbocycles. The lowest BCUT2D eigenvalue weighted by Crippen LogP contribution is -2.34. The number of nitrogens with one attached hydrogen (secondary N) is 1. The zero-order valence-corrected chi connectivity index (χ0v) is 9.05. The third kappa shape index (κ3) is 5.35. The number of hydrogen-bond donors (Lipinski definition) is 2. The van der Waals surface area contributed by atoms with Crippen molar-refractivity contribution < 1.29 is 18.0 Å². The molecule has 1 amide bonds. The van der Waals surface area contributed by atoms with Crippen molar-refractivity contribution in [2.24, 2.45) is 5.73 Å². The van der Waals surface area contributed by atoms with Crippen LogP contribution in [-0.2, 0) is 17.8 Å². The molecule has 0 saturated carbocycles. The normalized spacial score (nSPS) is 11.3. The molecule has 17 heavy (non-hydrogen) atoms. The molecule has 0 saturated heterocycles. The van der Waals surface area contributed by atoms with Crippen molar-refractivity contribution in [3.8, 4) is 0 Å². The zero-order valence-electron chi connectivity index (χ0n) is 9.05. The molecule has 3 nitrogen and oxygen atoms in total. The SMILES string of the molecule is NCc1ccc(CC(=O)NCC(F)(F)F)cc1. The lowest BCUT2D eigenvalue weighted by molar-refractivity contribution is -0.138. The highest BCUT2D eigenvalue weighted by Crippen LogP contribution is 2.12. The van der Waals surface area contributed by atoms with Gasteiger partial charge in [0.2, 0.25) is 5.91 Å². The molecule has 0 fully saturated rings. The second-order valence-electron chi connectivity index (χ2n) is 3.59. The van der Waals surface area contributed by atoms with Gasteiger partial charge in [-0.25, -0.2) is 0 Å². The summed E-state index contributed by atoms with van der Waals surface area (Å²) in [6.45, 7) is -0.909. The molecule has 0 spiro atoms. The second-order valence-corrected chi connectivity index (χ2v) is 3.59. The van der Waals surface area contributed by atoms with Gasteiger partial charge in [-0.15, -0.1) is 0 Å². The molecule has 1 aromatic rings. The molecule has 0 heterocycles. The lowest BCUT2D eigenvalue weighted by atomic mass is 10.1. The molecular weight excluding hydrogens is 233 g/mol. The highest BCUT2D eigenvalue weighted by molar-refractivity contribution is 5.78. The van der Waals surface area contributed by atoms with Crippen LogP contribution in [0.15, 0.2) is 24.3 Å². The molecule has 0 aliphatic rings. The standard InChI is InChI=1S/C11H13F3N2O/c12-11(13,14)7-16-10(17)5-8-1-3-9(6-15)4-2-8/h1-4H,5-7,15H2,(H,16,17). The molecule has 0 unspecified atom stereocenters. The van der Waals surface area contributed by atoms with Crippen LogP contribution in [0.3, 0.4) is 0 Å². The predicted molar refractivity (Wildman–Crippen MR) is 57.1 cm³/mol. The number of amides is 1. The van der Waals surface area contributed by atoms with E-state index in [0.29, 0.717) is 12.1 Å². The average molecular weight is 246 g/mol. The molecule has 94 valence electrons. The number of halogens is 3. The summed E-state index contributed by atoms with van der Waals surface area (Å²) >= 11 is 0. The van der Waals surface area contributed by atoms with Gasteiger partial charge in [0, 0.05) is 6.54 Å². The van der Waals surface area contributed by atoms with Crippen molar-refractivity contribution in [3.63, 3.8) is 0 Å². The summed E-state index contributed by atoms with van der Waals surface area (Å²) in [5, 5.41) is 1.81. The molecule has 1 rings (SSSR count). The Balaban J connectivity index is 2.45. The van der Waals surface area contributed by atoms with Gasteiger partial charge in [-0.3, -0.25) is 4.79 Å². The number of hydrogen-bond acceptors (Lipinski definition) is 2. The maximum Gasteiger partial charge on any atom is 0.405 e. The van der Waals surface area contributed by atoms with Gasteiger partial charge in [-0.2, -0.15) is 13.2 Å². The van der Waals surface area contributed by atoms with Crippen LogP contribution in [0.1, 0.15) is 11.1 Å². The fraction of sp³-hybridized carbons (Fsp3) is 0.364. The first-order valence-electron chi connectivity index (χ1n) is 5.02. The van der Waals surface area contributed by atoms with Crippen LogP contribution in [0, 0.1) is 0 Å². The number of alkyl halides is 3. The highest BCUT2D eigenvalue weighted by Gasteiger charge is 2.27. The van der Waals surface area contributed by atoms with Crippen molar-refractivity contribution in [1.29, 1.82) is 0 Å². The number of carbonyl (C=O) groups excluding carboxylic acids is 1. The van der Waals surface area contributed by atoms with Gasteiger partial charge in [-0.05, 0) is 11.1 Å². The van der Waals surface area contributed by atoms with E-state index >= 15 is 0 Å². The number of nitrogens with two attached hydrogens (primary N) is 1. The molecule has 0 aliphatic carbocycles. The number of benzene rings is 1. The Morgan fingerprint density at radius 1 is 1.18 bits per heavy atom. The van der Waals surface area contributed by atoms with Crippen LogP contribution in [0.4, 0.5) is 13.2 Å². The van der Waals surface area contributed by atoms with Crippen molar-refractivity contribution in [2.75, 3.05) is 6.54 Å². The second kappa shape index (κ2) is 5.67. The van der Waals surface area contributed by atoms with E-state index in [1.54, 1.807) is 24.3 Å². The first-order valence-corrected chi connectivity index (χ1v) is 5.02. The van der Waals surface area contributed by atoms with E-state index in [2.05, 4.69) is 0 Å². The molecule has 6 heteroatoms. The van der Waals surface area contributed by atoms with E-state index in [-0.39, 0.29) is 6.42 Å². The summed E-state index contributed by atoms with van der Waals surface area (Å²) in [6, 6.07) is 6.84. The summed E-state index contributed by atoms with van der Waals surface area (Å²) in [4.78, 5) is 11.2. The van der Waals surface area contributed by atoms with E-state index in [1.807, 2.05) is 5.32 Å². The average Bonchev–Trinajstić information content (AvgIpc) is 2.27. The molecule has 3 N–H and O–H groups in total. The van der Waals surface area contributed by atoms with Crippen LogP contribution in [-0.4, -0.2) is 18.6 Å². The maximum atomic E-state index is 11.8. The van der Waals surface area contributed by atoms with Crippen molar-refractivity contribution in [2.45, 2.75) is 19.1 Å². The minimum absolute atomic E-state index is 0.0685. The van der Waals surface area contributed by atoms with Gasteiger partial charge >= 0.3 is 6.18 Å². The minimum atomic E-state index is -4.38. The van der Waals surface area contributed by atoms with Crippen LogP contribution < -0.4 is 11.1 Å². The maximum absolute atomic E-state index is 11.8. The first kappa shape index (κ1) is 13.5. The van der Waals surface area contributed by atoms with E-state index < -0.39 is 18.6 Å². The summed E-state index contributed by atoms with van der Waals surface area (Å²) < 4.78 is 35.5. The Morgan fingerprint density at radius 2 is 1.71 bits per heavy atom. The Morgan fingerprint density at radius 3 is 2.18 bits per heavy atom. The fourth-order valence-electron chi connectivity index (χ4n) is 1.24. The Labute approximate surface area is 96.8 Å². The summed E-state index contributed by atoms with van der Waals surface area (Å²) in [7, 11) is 0. The largest absolute Gasteiger partial charge is 0.405 e. The number of rotatable bonds is 4. The molecule has 0 bridgehead atoms. The minimum Gasteiger partial charge on any atom is -0.347 e. The quantitative estimate of drug-likeness (QED) is 0.843. The van der Waals surface area contributed by atoms with Gasteiger partial charge in [0.25, 0.3) is 0 Å². The van der Waals surface area contributed by atoms with Crippen LogP contribution >= 0.6 is 0 Å². The summed E-state index contributed by atoms with van der Waals surface area (Å²) in [6.07, 6.45) is -4.44. The summed E-state index contributed by atoms with van der Waals surface area (Å²) in [5.74, 6) is -0.650. The van der Waals surface area contributed by atoms with Crippen LogP contribution in [0.2, 0.25) is 0 Å². The van der Waals surface area contributed by atoms with E-state index in [1.165, 1.54) is 0 Å². The van der Waals surface area contributed by atoms with Crippen molar-refractivity contribution in [1.82, 2.24) is 5.32 Å². The smallest absolute Gasteiger partial charge is 0.347 e. The topological polar surface area (TPSA) is 55.1 Å². The Bertz CT molecular complexity index is 373. The Hall–Kier alpha value is -1.56. The van der Waals surface area contributed by atoms with Crippen LogP contribution in [0.5, 0.6) is 0 Å². The van der Waals surface area contributed by atoms with E-state index in [9.17, 15) is 18.0 Å². The van der Waals surface area contributed by atoms with E-state index in [0.717, 1.165) is 5.56 Å². The van der Waals surface area contributed by atoms with Gasteiger partial charge in [-0.1, -0.05) is 24.3 Å². The third-order valence-electron chi connectivity index (χ3n) is 2.11. The van der Waals surface area contributed by atoms with Gasteiger partial charge in [0.05, 0.1) is 6.42 Å². The molecule has 0 aromatic heterocycles. The highest BCUT2D eigenvalue weighted by atomic mass is 19.4. The Kier molecular flexibility index (Phi) is 4.51. The monoisotopic (exact) mass is 246 g/mol. The molecule has 0 radical (unpaired) electrons. The van der Waals surface area contributed by atoms with Crippen molar-refractivity contribution in [3.05, 3.63) is 35.4 Å². The predicted octanol–water partition coefficient (Wildman–Crippen LogP) is 1.37.